The van der Waals surface area contributed by atoms with E-state index in [-0.39, 0.29) is 11.7 Å². The molecule has 0 radical (unpaired) electrons. The maximum atomic E-state index is 12.3. The number of imidazole rings is 1. The number of aromatic nitrogens is 2. The van der Waals surface area contributed by atoms with Crippen LogP contribution < -0.4 is 0 Å². The molecule has 7 heteroatoms. The number of para-hydroxylation sites is 2. The summed E-state index contributed by atoms with van der Waals surface area (Å²) in [5.41, 5.74) is 1.91. The van der Waals surface area contributed by atoms with Crippen molar-refractivity contribution in [3.05, 3.63) is 24.3 Å². The van der Waals surface area contributed by atoms with Crippen molar-refractivity contribution in [3.8, 4) is 0 Å². The van der Waals surface area contributed by atoms with Crippen LogP contribution in [0.15, 0.2) is 29.4 Å². The Morgan fingerprint density at radius 2 is 2.18 bits per heavy atom. The number of aryl methyl sites for hydroxylation is 1. The Labute approximate surface area is 132 Å². The second kappa shape index (κ2) is 6.00. The highest BCUT2D eigenvalue weighted by Crippen LogP contribution is 2.24. The number of likely N-dealkylation sites (tertiary alicyclic amines) is 1. The van der Waals surface area contributed by atoms with Crippen LogP contribution in [0, 0.1) is 0 Å². The van der Waals surface area contributed by atoms with Gasteiger partial charge in [-0.2, -0.15) is 0 Å². The molecular formula is C15H17N3O3S. The number of carbonyl (C=O) groups excluding carboxylic acids is 1. The topological polar surface area (TPSA) is 75.4 Å². The Morgan fingerprint density at radius 3 is 2.91 bits per heavy atom. The molecular weight excluding hydrogens is 302 g/mol. The van der Waals surface area contributed by atoms with Gasteiger partial charge in [-0.1, -0.05) is 23.9 Å². The number of benzene rings is 1. The van der Waals surface area contributed by atoms with Crippen LogP contribution >= 0.6 is 11.8 Å². The number of nitrogens with zero attached hydrogens (tertiary/aromatic N) is 3. The Hall–Kier alpha value is -2.02. The number of fused-ring (bicyclic) bond motifs is 1. The summed E-state index contributed by atoms with van der Waals surface area (Å²) in [5.74, 6) is -0.846. The van der Waals surface area contributed by atoms with E-state index >= 15 is 0 Å². The molecule has 0 saturated carbocycles. The van der Waals surface area contributed by atoms with Crippen molar-refractivity contribution in [2.75, 3.05) is 12.3 Å². The number of hydrogen-bond donors (Lipinski definition) is 1. The van der Waals surface area contributed by atoms with Crippen molar-refractivity contribution in [2.45, 2.75) is 24.0 Å². The van der Waals surface area contributed by atoms with E-state index in [4.69, 9.17) is 5.11 Å². The van der Waals surface area contributed by atoms with Crippen LogP contribution in [0.2, 0.25) is 0 Å². The van der Waals surface area contributed by atoms with Gasteiger partial charge in [-0.25, -0.2) is 9.78 Å². The molecule has 0 aliphatic carbocycles. The summed E-state index contributed by atoms with van der Waals surface area (Å²) in [7, 11) is 1.91. The van der Waals surface area contributed by atoms with Crippen molar-refractivity contribution in [1.29, 1.82) is 0 Å². The first kappa shape index (κ1) is 14.9. The SMILES string of the molecule is Cn1c(SCC(=O)N2CCC[C@H]2C(=O)O)nc2ccccc21. The lowest BCUT2D eigenvalue weighted by Gasteiger charge is -2.21. The van der Waals surface area contributed by atoms with Gasteiger partial charge in [0.2, 0.25) is 5.91 Å². The van der Waals surface area contributed by atoms with E-state index in [1.165, 1.54) is 16.7 Å². The molecule has 2 heterocycles. The van der Waals surface area contributed by atoms with E-state index in [0.29, 0.717) is 13.0 Å². The predicted octanol–water partition coefficient (Wildman–Crippen LogP) is 1.74. The molecule has 1 aromatic heterocycles. The quantitative estimate of drug-likeness (QED) is 0.869. The molecule has 22 heavy (non-hydrogen) atoms. The smallest absolute Gasteiger partial charge is 0.326 e. The lowest BCUT2D eigenvalue weighted by Crippen LogP contribution is -2.41. The molecule has 2 aromatic rings. The zero-order valence-electron chi connectivity index (χ0n) is 12.2. The van der Waals surface area contributed by atoms with E-state index in [0.717, 1.165) is 22.6 Å². The lowest BCUT2D eigenvalue weighted by molar-refractivity contribution is -0.147. The minimum absolute atomic E-state index is 0.137. The second-order valence-corrected chi connectivity index (χ2v) is 6.26. The normalized spacial score (nSPS) is 18.0. The van der Waals surface area contributed by atoms with Crippen LogP contribution in [-0.2, 0) is 16.6 Å². The molecule has 0 unspecified atom stereocenters. The molecule has 1 N–H and O–H groups in total. The third-order valence-corrected chi connectivity index (χ3v) is 4.94. The van der Waals surface area contributed by atoms with E-state index in [1.54, 1.807) is 0 Å². The van der Waals surface area contributed by atoms with Gasteiger partial charge in [0, 0.05) is 13.6 Å². The van der Waals surface area contributed by atoms with E-state index in [9.17, 15) is 9.59 Å². The maximum absolute atomic E-state index is 12.3. The lowest BCUT2D eigenvalue weighted by atomic mass is 10.2. The maximum Gasteiger partial charge on any atom is 0.326 e. The highest BCUT2D eigenvalue weighted by Gasteiger charge is 2.33. The number of hydrogen-bond acceptors (Lipinski definition) is 4. The molecule has 1 saturated heterocycles. The zero-order valence-corrected chi connectivity index (χ0v) is 13.0. The summed E-state index contributed by atoms with van der Waals surface area (Å²) in [6, 6.07) is 7.12. The van der Waals surface area contributed by atoms with E-state index in [1.807, 2.05) is 35.9 Å². The fourth-order valence-electron chi connectivity index (χ4n) is 2.78. The fraction of sp³-hybridized carbons (Fsp3) is 0.400. The Morgan fingerprint density at radius 1 is 1.41 bits per heavy atom. The summed E-state index contributed by atoms with van der Waals surface area (Å²) >= 11 is 1.35. The van der Waals surface area contributed by atoms with E-state index in [2.05, 4.69) is 4.98 Å². The molecule has 1 amide bonds. The molecule has 1 aromatic carbocycles. The largest absolute Gasteiger partial charge is 0.480 e. The van der Waals surface area contributed by atoms with Gasteiger partial charge in [-0.05, 0) is 25.0 Å². The number of rotatable bonds is 4. The molecule has 1 aliphatic heterocycles. The average molecular weight is 319 g/mol. The number of aliphatic carboxylic acids is 1. The molecule has 1 fully saturated rings. The van der Waals surface area contributed by atoms with Crippen molar-refractivity contribution >= 4 is 34.7 Å². The summed E-state index contributed by atoms with van der Waals surface area (Å²) < 4.78 is 1.95. The molecule has 0 spiro atoms. The van der Waals surface area contributed by atoms with E-state index < -0.39 is 12.0 Å². The fourth-order valence-corrected chi connectivity index (χ4v) is 3.66. The van der Waals surface area contributed by atoms with Gasteiger partial charge in [-0.15, -0.1) is 0 Å². The first-order chi connectivity index (χ1) is 10.6. The van der Waals surface area contributed by atoms with Gasteiger partial charge in [0.05, 0.1) is 16.8 Å². The molecule has 116 valence electrons. The number of carboxylic acids is 1. The minimum Gasteiger partial charge on any atom is -0.480 e. The van der Waals surface area contributed by atoms with Crippen LogP contribution in [0.25, 0.3) is 11.0 Å². The van der Waals surface area contributed by atoms with Gasteiger partial charge in [-0.3, -0.25) is 4.79 Å². The van der Waals surface area contributed by atoms with Gasteiger partial charge in [0.1, 0.15) is 6.04 Å². The summed E-state index contributed by atoms with van der Waals surface area (Å²) in [6.45, 7) is 0.527. The number of amides is 1. The first-order valence-corrected chi connectivity index (χ1v) is 8.13. The van der Waals surface area contributed by atoms with Crippen molar-refractivity contribution in [3.63, 3.8) is 0 Å². The number of thioether (sulfide) groups is 1. The number of carboxylic acid groups (broad SMARTS) is 1. The van der Waals surface area contributed by atoms with Gasteiger partial charge >= 0.3 is 5.97 Å². The van der Waals surface area contributed by atoms with Crippen LogP contribution in [0.4, 0.5) is 0 Å². The van der Waals surface area contributed by atoms with Crippen LogP contribution in [0.3, 0.4) is 0 Å². The zero-order chi connectivity index (χ0) is 15.7. The van der Waals surface area contributed by atoms with Crippen LogP contribution in [0.1, 0.15) is 12.8 Å². The third-order valence-electron chi connectivity index (χ3n) is 3.93. The van der Waals surface area contributed by atoms with Crippen molar-refractivity contribution in [1.82, 2.24) is 14.5 Å². The highest BCUT2D eigenvalue weighted by molar-refractivity contribution is 7.99. The van der Waals surface area contributed by atoms with Gasteiger partial charge in [0.25, 0.3) is 0 Å². The second-order valence-electron chi connectivity index (χ2n) is 5.31. The first-order valence-electron chi connectivity index (χ1n) is 7.14. The monoisotopic (exact) mass is 319 g/mol. The Balaban J connectivity index is 1.70. The Bertz CT molecular complexity index is 728. The third kappa shape index (κ3) is 2.68. The van der Waals surface area contributed by atoms with Crippen LogP contribution in [0.5, 0.6) is 0 Å². The van der Waals surface area contributed by atoms with Gasteiger partial charge in [0.15, 0.2) is 5.16 Å². The van der Waals surface area contributed by atoms with Gasteiger partial charge < -0.3 is 14.6 Å². The number of carbonyl (C=O) groups is 2. The summed E-state index contributed by atoms with van der Waals surface area (Å²) in [4.78, 5) is 29.4. The van der Waals surface area contributed by atoms with Crippen LogP contribution in [-0.4, -0.2) is 49.8 Å². The summed E-state index contributed by atoms with van der Waals surface area (Å²) in [6.07, 6.45) is 1.29. The predicted molar refractivity (Wildman–Crippen MR) is 83.8 cm³/mol. The minimum atomic E-state index is -0.918. The highest BCUT2D eigenvalue weighted by atomic mass is 32.2. The molecule has 6 nitrogen and oxygen atoms in total. The molecule has 1 aliphatic rings. The molecule has 3 rings (SSSR count). The van der Waals surface area contributed by atoms with Crippen molar-refractivity contribution < 1.29 is 14.7 Å². The van der Waals surface area contributed by atoms with Crippen molar-refractivity contribution in [2.24, 2.45) is 7.05 Å². The molecule has 1 atom stereocenters. The standard InChI is InChI=1S/C15H17N3O3S/c1-17-11-6-3-2-5-10(11)16-15(17)22-9-13(19)18-8-4-7-12(18)14(20)21/h2-3,5-6,12H,4,7-9H2,1H3,(H,20,21)/t12-/m0/s1. The molecule has 0 bridgehead atoms. The average Bonchev–Trinajstić information content (AvgIpc) is 3.11. The summed E-state index contributed by atoms with van der Waals surface area (Å²) in [5, 5.41) is 9.90. The Kier molecular flexibility index (Phi) is 4.06.